The van der Waals surface area contributed by atoms with Crippen molar-refractivity contribution in [3.63, 3.8) is 0 Å². The summed E-state index contributed by atoms with van der Waals surface area (Å²) < 4.78 is 7.36. The lowest BCUT2D eigenvalue weighted by Gasteiger charge is -2.13. The number of benzene rings is 1. The SMILES string of the molecule is CCOc1ccccc1NC(=S)C(=C(O)c1cccs1)[n+]1cccc(CO)c1. The lowest BCUT2D eigenvalue weighted by molar-refractivity contribution is -0.576. The number of hydrogen-bond acceptors (Lipinski definition) is 5. The minimum atomic E-state index is -0.110. The van der Waals surface area contributed by atoms with Gasteiger partial charge in [0.05, 0.1) is 23.8 Å². The Labute approximate surface area is 173 Å². The van der Waals surface area contributed by atoms with E-state index in [1.165, 1.54) is 11.3 Å². The third-order valence-electron chi connectivity index (χ3n) is 3.93. The van der Waals surface area contributed by atoms with Gasteiger partial charge in [-0.15, -0.1) is 11.3 Å². The van der Waals surface area contributed by atoms with Crippen LogP contribution >= 0.6 is 23.6 Å². The number of aliphatic hydroxyl groups is 2. The van der Waals surface area contributed by atoms with E-state index >= 15 is 0 Å². The van der Waals surface area contributed by atoms with Gasteiger partial charge in [0.25, 0.3) is 5.70 Å². The van der Waals surface area contributed by atoms with Crippen LogP contribution in [0.1, 0.15) is 17.4 Å². The highest BCUT2D eigenvalue weighted by molar-refractivity contribution is 7.81. The van der Waals surface area contributed by atoms with Crippen molar-refractivity contribution in [1.82, 2.24) is 0 Å². The van der Waals surface area contributed by atoms with Crippen LogP contribution in [0.4, 0.5) is 5.69 Å². The van der Waals surface area contributed by atoms with Crippen molar-refractivity contribution in [2.24, 2.45) is 0 Å². The molecule has 3 aromatic rings. The van der Waals surface area contributed by atoms with Crippen molar-refractivity contribution < 1.29 is 19.5 Å². The smallest absolute Gasteiger partial charge is 0.289 e. The molecule has 0 fully saturated rings. The highest BCUT2D eigenvalue weighted by Crippen LogP contribution is 2.27. The topological polar surface area (TPSA) is 65.6 Å². The van der Waals surface area contributed by atoms with E-state index in [4.69, 9.17) is 17.0 Å². The maximum atomic E-state index is 11.0. The van der Waals surface area contributed by atoms with Gasteiger partial charge in [-0.2, -0.15) is 4.57 Å². The number of anilines is 1. The molecule has 0 aliphatic rings. The molecule has 1 aromatic carbocycles. The molecule has 0 spiro atoms. The van der Waals surface area contributed by atoms with Crippen LogP contribution in [0, 0.1) is 0 Å². The van der Waals surface area contributed by atoms with E-state index in [2.05, 4.69) is 5.32 Å². The maximum absolute atomic E-state index is 11.0. The van der Waals surface area contributed by atoms with E-state index in [0.717, 1.165) is 0 Å². The normalized spacial score (nSPS) is 11.6. The van der Waals surface area contributed by atoms with Gasteiger partial charge in [-0.25, -0.2) is 0 Å². The number of para-hydroxylation sites is 2. The quantitative estimate of drug-likeness (QED) is 0.234. The van der Waals surface area contributed by atoms with E-state index in [1.54, 1.807) is 29.1 Å². The van der Waals surface area contributed by atoms with E-state index in [9.17, 15) is 10.2 Å². The fourth-order valence-electron chi connectivity index (χ4n) is 2.67. The summed E-state index contributed by atoms with van der Waals surface area (Å²) in [6.45, 7) is 2.34. The van der Waals surface area contributed by atoms with Gasteiger partial charge in [0.1, 0.15) is 5.75 Å². The lowest BCUT2D eigenvalue weighted by atomic mass is 10.2. The number of hydrogen-bond donors (Lipinski definition) is 3. The Balaban J connectivity index is 2.05. The second-order valence-corrected chi connectivity index (χ2v) is 7.19. The fraction of sp³-hybridized carbons (Fsp3) is 0.143. The molecule has 5 nitrogen and oxygen atoms in total. The highest BCUT2D eigenvalue weighted by atomic mass is 32.1. The molecule has 0 saturated carbocycles. The Bertz CT molecular complexity index is 985. The Morgan fingerprint density at radius 3 is 2.71 bits per heavy atom. The summed E-state index contributed by atoms with van der Waals surface area (Å²) in [5, 5.41) is 25.5. The first kappa shape index (κ1) is 20.0. The maximum Gasteiger partial charge on any atom is 0.289 e. The highest BCUT2D eigenvalue weighted by Gasteiger charge is 2.25. The Morgan fingerprint density at radius 1 is 1.18 bits per heavy atom. The zero-order valence-electron chi connectivity index (χ0n) is 15.3. The number of nitrogens with one attached hydrogen (secondary N) is 1. The summed E-state index contributed by atoms with van der Waals surface area (Å²) in [4.78, 5) is 1.03. The third kappa shape index (κ3) is 4.56. The Kier molecular flexibility index (Phi) is 6.76. The van der Waals surface area contributed by atoms with Gasteiger partial charge in [0.2, 0.25) is 5.76 Å². The molecule has 2 aromatic heterocycles. The van der Waals surface area contributed by atoms with Crippen LogP contribution in [0.25, 0.3) is 11.5 Å². The van der Waals surface area contributed by atoms with Crippen molar-refractivity contribution >= 4 is 45.7 Å². The third-order valence-corrected chi connectivity index (χ3v) is 5.10. The number of thiophene rings is 1. The first-order chi connectivity index (χ1) is 13.6. The number of ether oxygens (including phenoxy) is 1. The molecule has 2 heterocycles. The second kappa shape index (κ2) is 9.45. The molecule has 3 N–H and O–H groups in total. The van der Waals surface area contributed by atoms with Crippen LogP contribution in [0.15, 0.2) is 66.3 Å². The number of rotatable bonds is 7. The number of pyridine rings is 1. The zero-order valence-corrected chi connectivity index (χ0v) is 17.0. The molecule has 28 heavy (non-hydrogen) atoms. The summed E-state index contributed by atoms with van der Waals surface area (Å²) in [7, 11) is 0. The van der Waals surface area contributed by atoms with E-state index in [1.807, 2.05) is 48.7 Å². The van der Waals surface area contributed by atoms with Gasteiger partial charge in [-0.05, 0) is 36.6 Å². The minimum Gasteiger partial charge on any atom is -0.501 e. The van der Waals surface area contributed by atoms with Gasteiger partial charge >= 0.3 is 0 Å². The molecular weight excluding hydrogens is 392 g/mol. The van der Waals surface area contributed by atoms with Crippen molar-refractivity contribution in [3.8, 4) is 5.75 Å². The number of aliphatic hydroxyl groups excluding tert-OH is 2. The minimum absolute atomic E-state index is 0.0569. The molecule has 7 heteroatoms. The van der Waals surface area contributed by atoms with Gasteiger partial charge in [0, 0.05) is 11.6 Å². The second-order valence-electron chi connectivity index (χ2n) is 5.84. The van der Waals surface area contributed by atoms with Gasteiger partial charge in [-0.3, -0.25) is 0 Å². The first-order valence-corrected chi connectivity index (χ1v) is 10.0. The van der Waals surface area contributed by atoms with Gasteiger partial charge < -0.3 is 20.3 Å². The van der Waals surface area contributed by atoms with Crippen molar-refractivity contribution in [3.05, 3.63) is 76.7 Å². The van der Waals surface area contributed by atoms with Gasteiger partial charge in [-0.1, -0.05) is 30.4 Å². The van der Waals surface area contributed by atoms with Crippen LogP contribution in [0.2, 0.25) is 0 Å². The molecule has 0 atom stereocenters. The summed E-state index contributed by atoms with van der Waals surface area (Å²) in [6, 6.07) is 14.8. The van der Waals surface area contributed by atoms with Crippen LogP contribution < -0.4 is 14.6 Å². The molecule has 0 bridgehead atoms. The fourth-order valence-corrected chi connectivity index (χ4v) is 3.65. The summed E-state index contributed by atoms with van der Waals surface area (Å²) in [6.07, 6.45) is 3.52. The van der Waals surface area contributed by atoms with Crippen LogP contribution in [0.5, 0.6) is 5.75 Å². The monoisotopic (exact) mass is 413 g/mol. The number of nitrogens with zero attached hydrogens (tertiary/aromatic N) is 1. The molecular formula is C21H21N2O3S2+. The standard InChI is InChI=1S/C21H20N2O3S2/c1-2-26-17-9-4-3-8-16(17)22-21(27)19(20(25)18-10-6-12-28-18)23-11-5-7-15(13-23)14-24/h3-13,24H,2,14H2,1H3,(H-,22,25,27)/p+1. The van der Waals surface area contributed by atoms with Crippen LogP contribution in [-0.4, -0.2) is 21.8 Å². The average molecular weight is 414 g/mol. The molecule has 0 amide bonds. The average Bonchev–Trinajstić information content (AvgIpc) is 3.25. The molecule has 0 unspecified atom stereocenters. The molecule has 0 radical (unpaired) electrons. The summed E-state index contributed by atoms with van der Waals surface area (Å²) in [5.41, 5.74) is 1.83. The molecule has 3 rings (SSSR count). The molecule has 0 saturated heterocycles. The van der Waals surface area contributed by atoms with Crippen molar-refractivity contribution in [2.45, 2.75) is 13.5 Å². The molecule has 0 aliphatic carbocycles. The van der Waals surface area contributed by atoms with E-state index in [0.29, 0.717) is 39.2 Å². The first-order valence-electron chi connectivity index (χ1n) is 8.75. The number of thiocarbonyl (C=S) groups is 1. The zero-order chi connectivity index (χ0) is 19.9. The largest absolute Gasteiger partial charge is 0.501 e. The van der Waals surface area contributed by atoms with Gasteiger partial charge in [0.15, 0.2) is 17.4 Å². The van der Waals surface area contributed by atoms with Crippen LogP contribution in [0.3, 0.4) is 0 Å². The Morgan fingerprint density at radius 2 is 2.00 bits per heavy atom. The summed E-state index contributed by atoms with van der Waals surface area (Å²) in [5.74, 6) is 0.734. The summed E-state index contributed by atoms with van der Waals surface area (Å²) >= 11 is 7.07. The van der Waals surface area contributed by atoms with Crippen LogP contribution in [-0.2, 0) is 6.61 Å². The van der Waals surface area contributed by atoms with Crippen molar-refractivity contribution in [1.29, 1.82) is 0 Å². The van der Waals surface area contributed by atoms with E-state index < -0.39 is 0 Å². The number of aromatic nitrogens is 1. The predicted octanol–water partition coefficient (Wildman–Crippen LogP) is 4.25. The predicted molar refractivity (Wildman–Crippen MR) is 116 cm³/mol. The van der Waals surface area contributed by atoms with Crippen molar-refractivity contribution in [2.75, 3.05) is 11.9 Å². The van der Waals surface area contributed by atoms with E-state index in [-0.39, 0.29) is 12.4 Å². The molecule has 144 valence electrons. The Hall–Kier alpha value is -2.74. The lowest BCUT2D eigenvalue weighted by Crippen LogP contribution is -2.39. The molecule has 0 aliphatic heterocycles.